The molecule has 0 spiro atoms. The molecule has 1 saturated heterocycles. The molecule has 4 atom stereocenters. The molecule has 0 amide bonds. The maximum atomic E-state index is 6.32. The second kappa shape index (κ2) is 5.57. The van der Waals surface area contributed by atoms with Crippen LogP contribution in [0.15, 0.2) is 54.6 Å². The molecule has 1 unspecified atom stereocenters. The van der Waals surface area contributed by atoms with E-state index < -0.39 is 0 Å². The third kappa shape index (κ3) is 2.47. The second-order valence-corrected chi connectivity index (χ2v) is 5.87. The van der Waals surface area contributed by atoms with Crippen molar-refractivity contribution in [1.29, 1.82) is 0 Å². The molecular weight excluding hydrogens is 270 g/mol. The summed E-state index contributed by atoms with van der Waals surface area (Å²) in [7, 11) is 2.19. The summed E-state index contributed by atoms with van der Waals surface area (Å²) in [5.41, 5.74) is 2.42. The molecule has 0 aromatic heterocycles. The van der Waals surface area contributed by atoms with E-state index in [-0.39, 0.29) is 12.3 Å². The van der Waals surface area contributed by atoms with Gasteiger partial charge in [0.2, 0.25) is 6.23 Å². The van der Waals surface area contributed by atoms with Crippen LogP contribution in [0.1, 0.15) is 30.4 Å². The standard InChI is InChI=1S/C17H18ClNO/c1-12-16(13-6-4-3-5-7-13)20-17(19(12)2)14-8-10-15(18)11-9-14/h3-12,16-17H,1-2H3/p+1/t12-,16+,17-/m1/s1. The quantitative estimate of drug-likeness (QED) is 0.897. The Hall–Kier alpha value is -1.35. The van der Waals surface area contributed by atoms with Gasteiger partial charge in [-0.25, -0.2) is 0 Å². The number of benzene rings is 2. The lowest BCUT2D eigenvalue weighted by Crippen LogP contribution is -3.10. The van der Waals surface area contributed by atoms with E-state index in [9.17, 15) is 0 Å². The summed E-state index contributed by atoms with van der Waals surface area (Å²) in [6, 6.07) is 18.8. The van der Waals surface area contributed by atoms with E-state index in [2.05, 4.69) is 50.4 Å². The number of hydrogen-bond acceptors (Lipinski definition) is 1. The van der Waals surface area contributed by atoms with Crippen molar-refractivity contribution in [2.75, 3.05) is 7.05 Å². The molecule has 2 nitrogen and oxygen atoms in total. The van der Waals surface area contributed by atoms with E-state index in [0.717, 1.165) is 5.02 Å². The van der Waals surface area contributed by atoms with Gasteiger partial charge in [-0.2, -0.15) is 0 Å². The average molecular weight is 289 g/mol. The molecule has 1 heterocycles. The first kappa shape index (κ1) is 13.6. The Kier molecular flexibility index (Phi) is 3.79. The molecule has 1 fully saturated rings. The van der Waals surface area contributed by atoms with Crippen LogP contribution >= 0.6 is 11.6 Å². The van der Waals surface area contributed by atoms with Crippen molar-refractivity contribution < 1.29 is 9.64 Å². The summed E-state index contributed by atoms with van der Waals surface area (Å²) in [5, 5.41) is 0.761. The van der Waals surface area contributed by atoms with E-state index in [1.54, 1.807) is 0 Å². The highest BCUT2D eigenvalue weighted by molar-refractivity contribution is 6.30. The van der Waals surface area contributed by atoms with Crippen LogP contribution in [-0.2, 0) is 4.74 Å². The van der Waals surface area contributed by atoms with E-state index >= 15 is 0 Å². The molecule has 3 rings (SSSR count). The van der Waals surface area contributed by atoms with Crippen LogP contribution < -0.4 is 4.90 Å². The van der Waals surface area contributed by atoms with E-state index in [4.69, 9.17) is 16.3 Å². The Morgan fingerprint density at radius 2 is 1.60 bits per heavy atom. The van der Waals surface area contributed by atoms with E-state index in [1.807, 2.05) is 18.2 Å². The maximum absolute atomic E-state index is 6.32. The van der Waals surface area contributed by atoms with Gasteiger partial charge in [-0.15, -0.1) is 0 Å². The number of rotatable bonds is 2. The fourth-order valence-corrected chi connectivity index (χ4v) is 2.96. The summed E-state index contributed by atoms with van der Waals surface area (Å²) in [6.45, 7) is 2.24. The molecule has 2 aromatic rings. The first-order valence-electron chi connectivity index (χ1n) is 6.96. The number of nitrogens with one attached hydrogen (secondary N) is 1. The van der Waals surface area contributed by atoms with E-state index in [1.165, 1.54) is 16.0 Å². The van der Waals surface area contributed by atoms with Crippen LogP contribution in [0, 0.1) is 0 Å². The molecule has 0 radical (unpaired) electrons. The second-order valence-electron chi connectivity index (χ2n) is 5.43. The molecule has 1 N–H and O–H groups in total. The summed E-state index contributed by atoms with van der Waals surface area (Å²) >= 11 is 5.96. The van der Waals surface area contributed by atoms with Crippen LogP contribution in [0.2, 0.25) is 5.02 Å². The lowest BCUT2D eigenvalue weighted by molar-refractivity contribution is -0.933. The zero-order valence-electron chi connectivity index (χ0n) is 11.7. The summed E-state index contributed by atoms with van der Waals surface area (Å²) in [5.74, 6) is 0. The van der Waals surface area contributed by atoms with Crippen molar-refractivity contribution in [2.24, 2.45) is 0 Å². The number of hydrogen-bond donors (Lipinski definition) is 1. The predicted octanol–water partition coefficient (Wildman–Crippen LogP) is 3.01. The van der Waals surface area contributed by atoms with Crippen molar-refractivity contribution in [3.05, 3.63) is 70.7 Å². The summed E-state index contributed by atoms with van der Waals surface area (Å²) < 4.78 is 6.32. The topological polar surface area (TPSA) is 13.7 Å². The van der Waals surface area contributed by atoms with Gasteiger partial charge in [-0.3, -0.25) is 0 Å². The van der Waals surface area contributed by atoms with Gasteiger partial charge < -0.3 is 9.64 Å². The van der Waals surface area contributed by atoms with Crippen LogP contribution in [0.5, 0.6) is 0 Å². The minimum Gasteiger partial charge on any atom is -0.311 e. The normalized spacial score (nSPS) is 29.6. The Balaban J connectivity index is 1.87. The van der Waals surface area contributed by atoms with Gasteiger partial charge in [0.1, 0.15) is 12.1 Å². The first-order valence-corrected chi connectivity index (χ1v) is 7.34. The lowest BCUT2D eigenvalue weighted by atomic mass is 10.0. The predicted molar refractivity (Wildman–Crippen MR) is 80.8 cm³/mol. The van der Waals surface area contributed by atoms with Gasteiger partial charge in [0.15, 0.2) is 0 Å². The van der Waals surface area contributed by atoms with Gasteiger partial charge in [-0.05, 0) is 36.8 Å². The first-order chi connectivity index (χ1) is 9.66. The highest BCUT2D eigenvalue weighted by atomic mass is 35.5. The van der Waals surface area contributed by atoms with Crippen molar-refractivity contribution in [3.63, 3.8) is 0 Å². The fourth-order valence-electron chi connectivity index (χ4n) is 2.84. The number of quaternary nitrogens is 1. The molecule has 3 heteroatoms. The van der Waals surface area contributed by atoms with Crippen molar-refractivity contribution >= 4 is 11.6 Å². The third-order valence-corrected chi connectivity index (χ3v) is 4.42. The molecule has 2 aromatic carbocycles. The Labute approximate surface area is 124 Å². The molecule has 0 bridgehead atoms. The highest BCUT2D eigenvalue weighted by Gasteiger charge is 2.42. The van der Waals surface area contributed by atoms with Crippen LogP contribution in [0.4, 0.5) is 0 Å². The fraction of sp³-hybridized carbons (Fsp3) is 0.294. The van der Waals surface area contributed by atoms with Crippen molar-refractivity contribution in [3.8, 4) is 0 Å². The van der Waals surface area contributed by atoms with Gasteiger partial charge in [0.25, 0.3) is 0 Å². The largest absolute Gasteiger partial charge is 0.311 e. The highest BCUT2D eigenvalue weighted by Crippen LogP contribution is 2.31. The molecule has 104 valence electrons. The monoisotopic (exact) mass is 288 g/mol. The van der Waals surface area contributed by atoms with Crippen LogP contribution in [0.25, 0.3) is 0 Å². The van der Waals surface area contributed by atoms with Gasteiger partial charge >= 0.3 is 0 Å². The SMILES string of the molecule is C[C@@H]1[C@@H](c2ccccc2)O[C@H](c2ccc(Cl)cc2)[NH+]1C. The molecule has 0 aliphatic carbocycles. The molecule has 0 saturated carbocycles. The molecule has 1 aliphatic rings. The molecule has 1 aliphatic heterocycles. The van der Waals surface area contributed by atoms with E-state index in [0.29, 0.717) is 6.04 Å². The molecular formula is C17H19ClNO+. The van der Waals surface area contributed by atoms with Crippen LogP contribution in [0.3, 0.4) is 0 Å². The zero-order valence-corrected chi connectivity index (χ0v) is 12.5. The van der Waals surface area contributed by atoms with Gasteiger partial charge in [0.05, 0.1) is 7.05 Å². The average Bonchev–Trinajstić information content (AvgIpc) is 2.77. The zero-order chi connectivity index (χ0) is 14.1. The summed E-state index contributed by atoms with van der Waals surface area (Å²) in [6.07, 6.45) is 0.198. The van der Waals surface area contributed by atoms with Crippen LogP contribution in [-0.4, -0.2) is 13.1 Å². The van der Waals surface area contributed by atoms with Gasteiger partial charge in [-0.1, -0.05) is 41.9 Å². The Bertz CT molecular complexity index is 569. The Morgan fingerprint density at radius 3 is 2.25 bits per heavy atom. The van der Waals surface area contributed by atoms with Crippen molar-refractivity contribution in [2.45, 2.75) is 25.3 Å². The molecule has 20 heavy (non-hydrogen) atoms. The number of likely N-dealkylation sites (N-methyl/N-ethyl adjacent to an activating group) is 1. The lowest BCUT2D eigenvalue weighted by Gasteiger charge is -2.18. The smallest absolute Gasteiger partial charge is 0.219 e. The van der Waals surface area contributed by atoms with Crippen molar-refractivity contribution in [1.82, 2.24) is 0 Å². The minimum atomic E-state index is 0.0625. The number of ether oxygens (including phenoxy) is 1. The number of halogens is 1. The summed E-state index contributed by atoms with van der Waals surface area (Å²) in [4.78, 5) is 1.38. The Morgan fingerprint density at radius 1 is 0.950 bits per heavy atom. The minimum absolute atomic E-state index is 0.0625. The maximum Gasteiger partial charge on any atom is 0.219 e. The third-order valence-electron chi connectivity index (χ3n) is 4.17. The van der Waals surface area contributed by atoms with Gasteiger partial charge in [0, 0.05) is 10.6 Å².